The molecule has 1 aliphatic carbocycles. The molecule has 10 heteroatoms. The lowest BCUT2D eigenvalue weighted by molar-refractivity contribution is 0.476. The Bertz CT molecular complexity index is 1460. The fraction of sp³-hybridized carbons (Fsp3) is 0.304. The highest BCUT2D eigenvalue weighted by atomic mass is 32.2. The SMILES string of the molecule is CC(Sc1nc2sc3c(c2c(=O)n1Cc1ccco1)CCCC3)c1nnc(-c2cccs2)o1. The molecule has 1 atom stereocenters. The summed E-state index contributed by atoms with van der Waals surface area (Å²) in [7, 11) is 0. The van der Waals surface area contributed by atoms with Crippen LogP contribution in [0.5, 0.6) is 0 Å². The van der Waals surface area contributed by atoms with E-state index in [9.17, 15) is 4.79 Å². The molecule has 5 aromatic rings. The second-order valence-corrected chi connectivity index (χ2v) is 11.3. The first-order chi connectivity index (χ1) is 16.2. The van der Waals surface area contributed by atoms with Crippen LogP contribution in [0.2, 0.25) is 0 Å². The van der Waals surface area contributed by atoms with Crippen LogP contribution in [0.15, 0.2) is 54.7 Å². The quantitative estimate of drug-likeness (QED) is 0.212. The molecule has 0 fully saturated rings. The summed E-state index contributed by atoms with van der Waals surface area (Å²) >= 11 is 4.67. The van der Waals surface area contributed by atoms with Crippen molar-refractivity contribution in [3.63, 3.8) is 0 Å². The Morgan fingerprint density at radius 1 is 1.21 bits per heavy atom. The van der Waals surface area contributed by atoms with Crippen molar-refractivity contribution in [2.24, 2.45) is 0 Å². The van der Waals surface area contributed by atoms with E-state index >= 15 is 0 Å². The molecule has 1 unspecified atom stereocenters. The van der Waals surface area contributed by atoms with Gasteiger partial charge in [-0.1, -0.05) is 17.8 Å². The van der Waals surface area contributed by atoms with E-state index in [1.165, 1.54) is 28.6 Å². The highest BCUT2D eigenvalue weighted by molar-refractivity contribution is 7.99. The third-order valence-electron chi connectivity index (χ3n) is 5.74. The molecule has 0 spiro atoms. The van der Waals surface area contributed by atoms with Crippen molar-refractivity contribution in [1.82, 2.24) is 19.7 Å². The molecule has 5 heterocycles. The first-order valence-corrected chi connectivity index (χ1v) is 13.4. The van der Waals surface area contributed by atoms with Crippen LogP contribution in [0, 0.1) is 0 Å². The number of furan rings is 1. The molecular weight excluding hydrogens is 476 g/mol. The Kier molecular flexibility index (Phi) is 5.43. The maximum absolute atomic E-state index is 13.7. The van der Waals surface area contributed by atoms with E-state index in [1.54, 1.807) is 33.5 Å². The molecule has 0 amide bonds. The number of aryl methyl sites for hydroxylation is 2. The number of aromatic nitrogens is 4. The largest absolute Gasteiger partial charge is 0.467 e. The second-order valence-electron chi connectivity index (χ2n) is 7.94. The lowest BCUT2D eigenvalue weighted by atomic mass is 9.97. The van der Waals surface area contributed by atoms with E-state index in [2.05, 4.69) is 10.2 Å². The van der Waals surface area contributed by atoms with E-state index in [0.717, 1.165) is 40.1 Å². The number of nitrogens with zero attached hydrogens (tertiary/aromatic N) is 4. The van der Waals surface area contributed by atoms with Gasteiger partial charge < -0.3 is 8.83 Å². The number of hydrogen-bond acceptors (Lipinski definition) is 9. The van der Waals surface area contributed by atoms with Crippen molar-refractivity contribution in [3.05, 3.63) is 68.4 Å². The Morgan fingerprint density at radius 2 is 2.12 bits per heavy atom. The van der Waals surface area contributed by atoms with Crippen LogP contribution in [-0.2, 0) is 19.4 Å². The van der Waals surface area contributed by atoms with Gasteiger partial charge in [0.15, 0.2) is 5.16 Å². The van der Waals surface area contributed by atoms with Crippen LogP contribution >= 0.6 is 34.4 Å². The molecule has 0 radical (unpaired) electrons. The zero-order valence-corrected chi connectivity index (χ0v) is 20.3. The van der Waals surface area contributed by atoms with Gasteiger partial charge in [0.05, 0.1) is 28.3 Å². The Balaban J connectivity index is 1.40. The number of thioether (sulfide) groups is 1. The van der Waals surface area contributed by atoms with Gasteiger partial charge in [0, 0.05) is 4.88 Å². The Hall–Kier alpha value is -2.69. The third kappa shape index (κ3) is 3.85. The molecule has 0 bridgehead atoms. The molecule has 5 aromatic heterocycles. The summed E-state index contributed by atoms with van der Waals surface area (Å²) in [6.45, 7) is 2.32. The minimum absolute atomic E-state index is 0.00435. The van der Waals surface area contributed by atoms with Gasteiger partial charge in [-0.3, -0.25) is 9.36 Å². The zero-order valence-electron chi connectivity index (χ0n) is 17.8. The van der Waals surface area contributed by atoms with Crippen LogP contribution in [0.3, 0.4) is 0 Å². The number of rotatable bonds is 6. The van der Waals surface area contributed by atoms with Gasteiger partial charge in [0.2, 0.25) is 5.89 Å². The molecule has 0 N–H and O–H groups in total. The maximum Gasteiger partial charge on any atom is 0.263 e. The molecular formula is C23H20N4O3S3. The number of fused-ring (bicyclic) bond motifs is 3. The van der Waals surface area contributed by atoms with Gasteiger partial charge in [-0.15, -0.1) is 32.9 Å². The van der Waals surface area contributed by atoms with E-state index in [1.807, 2.05) is 36.6 Å². The Labute approximate surface area is 201 Å². The first kappa shape index (κ1) is 20.9. The second kappa shape index (κ2) is 8.58. The normalized spacial score (nSPS) is 14.6. The average molecular weight is 497 g/mol. The van der Waals surface area contributed by atoms with Gasteiger partial charge in [-0.05, 0) is 61.7 Å². The van der Waals surface area contributed by atoms with E-state index < -0.39 is 0 Å². The standard InChI is InChI=1S/C23H20N4O3S3/c1-13(19-25-26-20(30-19)17-9-5-11-31-17)32-23-24-21-18(15-7-2-3-8-16(15)33-21)22(28)27(23)12-14-6-4-10-29-14/h4-6,9-11,13H,2-3,7-8,12H2,1H3. The smallest absolute Gasteiger partial charge is 0.263 e. The number of thiophene rings is 2. The van der Waals surface area contributed by atoms with Crippen LogP contribution in [-0.4, -0.2) is 19.7 Å². The van der Waals surface area contributed by atoms with Gasteiger partial charge in [-0.2, -0.15) is 0 Å². The molecule has 6 rings (SSSR count). The van der Waals surface area contributed by atoms with Crippen LogP contribution in [0.25, 0.3) is 21.0 Å². The lowest BCUT2D eigenvalue weighted by Gasteiger charge is -2.14. The molecule has 1 aliphatic rings. The molecule has 0 aliphatic heterocycles. The van der Waals surface area contributed by atoms with Crippen molar-refractivity contribution in [1.29, 1.82) is 0 Å². The third-order valence-corrected chi connectivity index (χ3v) is 8.86. The van der Waals surface area contributed by atoms with Crippen LogP contribution in [0.4, 0.5) is 0 Å². The summed E-state index contributed by atoms with van der Waals surface area (Å²) in [5, 5.41) is 11.7. The fourth-order valence-corrected chi connectivity index (χ4v) is 7.00. The molecule has 7 nitrogen and oxygen atoms in total. The highest BCUT2D eigenvalue weighted by Gasteiger charge is 2.25. The fourth-order valence-electron chi connectivity index (χ4n) is 4.11. The maximum atomic E-state index is 13.7. The highest BCUT2D eigenvalue weighted by Crippen LogP contribution is 2.38. The summed E-state index contributed by atoms with van der Waals surface area (Å²) < 4.78 is 13.2. The topological polar surface area (TPSA) is 87.0 Å². The van der Waals surface area contributed by atoms with Gasteiger partial charge in [-0.25, -0.2) is 4.98 Å². The summed E-state index contributed by atoms with van der Waals surface area (Å²) in [6, 6.07) is 7.62. The monoisotopic (exact) mass is 496 g/mol. The summed E-state index contributed by atoms with van der Waals surface area (Å²) in [5.41, 5.74) is 1.18. The molecule has 33 heavy (non-hydrogen) atoms. The van der Waals surface area contributed by atoms with Crippen LogP contribution in [0.1, 0.15) is 47.1 Å². The van der Waals surface area contributed by atoms with E-state index in [4.69, 9.17) is 13.8 Å². The predicted molar refractivity (Wildman–Crippen MR) is 130 cm³/mol. The molecule has 0 aromatic carbocycles. The van der Waals surface area contributed by atoms with Gasteiger partial charge in [0.1, 0.15) is 10.6 Å². The van der Waals surface area contributed by atoms with Crippen molar-refractivity contribution in [2.45, 2.75) is 49.6 Å². The predicted octanol–water partition coefficient (Wildman–Crippen LogP) is 5.94. The minimum Gasteiger partial charge on any atom is -0.467 e. The lowest BCUT2D eigenvalue weighted by Crippen LogP contribution is -2.24. The zero-order chi connectivity index (χ0) is 22.4. The van der Waals surface area contributed by atoms with Crippen molar-refractivity contribution >= 4 is 44.7 Å². The Morgan fingerprint density at radius 3 is 2.94 bits per heavy atom. The van der Waals surface area contributed by atoms with E-state index in [0.29, 0.717) is 23.5 Å². The average Bonchev–Trinajstić information content (AvgIpc) is 3.61. The molecule has 168 valence electrons. The van der Waals surface area contributed by atoms with E-state index in [-0.39, 0.29) is 10.8 Å². The summed E-state index contributed by atoms with van der Waals surface area (Å²) in [4.78, 5) is 21.7. The van der Waals surface area contributed by atoms with Crippen LogP contribution < -0.4 is 5.56 Å². The number of hydrogen-bond donors (Lipinski definition) is 0. The molecule has 0 saturated heterocycles. The van der Waals surface area contributed by atoms with Gasteiger partial charge >= 0.3 is 0 Å². The summed E-state index contributed by atoms with van der Waals surface area (Å²) in [6.07, 6.45) is 5.89. The molecule has 0 saturated carbocycles. The van der Waals surface area contributed by atoms with Gasteiger partial charge in [0.25, 0.3) is 11.4 Å². The van der Waals surface area contributed by atoms with Crippen molar-refractivity contribution < 1.29 is 8.83 Å². The van der Waals surface area contributed by atoms with Crippen molar-refractivity contribution in [3.8, 4) is 10.8 Å². The van der Waals surface area contributed by atoms with Crippen molar-refractivity contribution in [2.75, 3.05) is 0 Å². The first-order valence-electron chi connectivity index (χ1n) is 10.8. The summed E-state index contributed by atoms with van der Waals surface area (Å²) in [5.74, 6) is 1.73. The minimum atomic E-state index is -0.173.